The van der Waals surface area contributed by atoms with Crippen molar-refractivity contribution in [2.24, 2.45) is 5.92 Å². The second-order valence-corrected chi connectivity index (χ2v) is 5.90. The Morgan fingerprint density at radius 1 is 1.40 bits per heavy atom. The van der Waals surface area contributed by atoms with Gasteiger partial charge in [-0.1, -0.05) is 0 Å². The predicted molar refractivity (Wildman–Crippen MR) is 58.5 cm³/mol. The molecular formula is C12H21NO2. The van der Waals surface area contributed by atoms with Crippen LogP contribution in [0.2, 0.25) is 0 Å². The number of rotatable bonds is 1. The number of carbonyl (C=O) groups is 1. The van der Waals surface area contributed by atoms with Crippen LogP contribution in [0.3, 0.4) is 0 Å². The monoisotopic (exact) mass is 211 g/mol. The van der Waals surface area contributed by atoms with Crippen LogP contribution in [-0.4, -0.2) is 23.2 Å². The molecular weight excluding hydrogens is 190 g/mol. The molecule has 1 N–H and O–H groups in total. The third-order valence-corrected chi connectivity index (χ3v) is 3.98. The summed E-state index contributed by atoms with van der Waals surface area (Å²) in [5, 5.41) is 3.68. The molecule has 2 saturated heterocycles. The molecule has 1 aliphatic carbocycles. The Kier molecular flexibility index (Phi) is 2.34. The molecule has 15 heavy (non-hydrogen) atoms. The average Bonchev–Trinajstić information content (AvgIpc) is 1.97. The maximum atomic E-state index is 11.1. The lowest BCUT2D eigenvalue weighted by molar-refractivity contribution is -0.161. The second kappa shape index (κ2) is 3.21. The van der Waals surface area contributed by atoms with Crippen LogP contribution in [0.25, 0.3) is 0 Å². The fraction of sp³-hybridized carbons (Fsp3) is 0.917. The van der Waals surface area contributed by atoms with Gasteiger partial charge in [0, 0.05) is 30.3 Å². The van der Waals surface area contributed by atoms with Gasteiger partial charge in [0.15, 0.2) is 0 Å². The normalized spacial score (nSPS) is 42.7. The third kappa shape index (κ3) is 1.89. The largest absolute Gasteiger partial charge is 0.462 e. The molecule has 0 spiro atoms. The number of esters is 1. The zero-order chi connectivity index (χ0) is 11.3. The number of hydrogen-bond acceptors (Lipinski definition) is 3. The number of ether oxygens (including phenoxy) is 1. The molecule has 3 nitrogen and oxygen atoms in total. The van der Waals surface area contributed by atoms with E-state index in [0.717, 1.165) is 12.8 Å². The quantitative estimate of drug-likeness (QED) is 0.673. The van der Waals surface area contributed by atoms with Crippen LogP contribution in [0, 0.1) is 5.92 Å². The summed E-state index contributed by atoms with van der Waals surface area (Å²) >= 11 is 0. The summed E-state index contributed by atoms with van der Waals surface area (Å²) in [6.07, 6.45) is 3.42. The third-order valence-electron chi connectivity index (χ3n) is 3.98. The van der Waals surface area contributed by atoms with Crippen LogP contribution >= 0.6 is 0 Å². The molecule has 2 heterocycles. The summed E-state index contributed by atoms with van der Waals surface area (Å²) in [7, 11) is 0. The smallest absolute Gasteiger partial charge is 0.302 e. The lowest BCUT2D eigenvalue weighted by Crippen LogP contribution is -2.69. The molecule has 0 radical (unpaired) electrons. The Hall–Kier alpha value is -0.570. The summed E-state index contributed by atoms with van der Waals surface area (Å²) in [5.74, 6) is 0.315. The van der Waals surface area contributed by atoms with Crippen molar-refractivity contribution < 1.29 is 9.53 Å². The van der Waals surface area contributed by atoms with Gasteiger partial charge in [0.1, 0.15) is 6.10 Å². The summed E-state index contributed by atoms with van der Waals surface area (Å²) < 4.78 is 5.45. The maximum Gasteiger partial charge on any atom is 0.302 e. The van der Waals surface area contributed by atoms with Crippen LogP contribution in [-0.2, 0) is 9.53 Å². The molecule has 3 rings (SSSR count). The molecule has 2 aliphatic heterocycles. The number of carbonyl (C=O) groups excluding carboxylic acids is 1. The highest BCUT2D eigenvalue weighted by atomic mass is 16.5. The lowest BCUT2D eigenvalue weighted by Gasteiger charge is -2.57. The number of hydrogen-bond donors (Lipinski definition) is 1. The Morgan fingerprint density at radius 2 is 2.07 bits per heavy atom. The van der Waals surface area contributed by atoms with Gasteiger partial charge in [0.05, 0.1) is 0 Å². The Morgan fingerprint density at radius 3 is 2.53 bits per heavy atom. The van der Waals surface area contributed by atoms with Crippen LogP contribution < -0.4 is 5.32 Å². The first-order valence-corrected chi connectivity index (χ1v) is 5.79. The van der Waals surface area contributed by atoms with Crippen molar-refractivity contribution >= 4 is 5.97 Å². The van der Waals surface area contributed by atoms with Crippen molar-refractivity contribution in [3.63, 3.8) is 0 Å². The molecule has 0 amide bonds. The van der Waals surface area contributed by atoms with Crippen LogP contribution in [0.15, 0.2) is 0 Å². The van der Waals surface area contributed by atoms with Gasteiger partial charge in [-0.2, -0.15) is 0 Å². The summed E-state index contributed by atoms with van der Waals surface area (Å²) in [5.41, 5.74) is 0.240. The van der Waals surface area contributed by atoms with E-state index in [9.17, 15) is 4.79 Å². The zero-order valence-corrected chi connectivity index (χ0v) is 10.1. The van der Waals surface area contributed by atoms with Gasteiger partial charge in [-0.3, -0.25) is 4.79 Å². The number of fused-ring (bicyclic) bond motifs is 3. The van der Waals surface area contributed by atoms with E-state index in [1.807, 2.05) is 0 Å². The first-order chi connectivity index (χ1) is 6.82. The first-order valence-electron chi connectivity index (χ1n) is 5.79. The standard InChI is InChI=1S/C12H21NO2/c1-8(14)15-10-7-12(4)6-5-9(10)11(2,3)13-12/h9-10,13H,5-7H2,1-4H3. The van der Waals surface area contributed by atoms with Crippen LogP contribution in [0.5, 0.6) is 0 Å². The molecule has 3 fully saturated rings. The van der Waals surface area contributed by atoms with Crippen molar-refractivity contribution in [3.8, 4) is 0 Å². The molecule has 1 saturated carbocycles. The lowest BCUT2D eigenvalue weighted by atomic mass is 9.63. The summed E-state index contributed by atoms with van der Waals surface area (Å²) in [4.78, 5) is 11.1. The van der Waals surface area contributed by atoms with Crippen LogP contribution in [0.1, 0.15) is 47.0 Å². The van der Waals surface area contributed by atoms with E-state index >= 15 is 0 Å². The van der Waals surface area contributed by atoms with Crippen LogP contribution in [0.4, 0.5) is 0 Å². The molecule has 0 aromatic carbocycles. The second-order valence-electron chi connectivity index (χ2n) is 5.90. The minimum Gasteiger partial charge on any atom is -0.462 e. The van der Waals surface area contributed by atoms with Gasteiger partial charge in [-0.15, -0.1) is 0 Å². The van der Waals surface area contributed by atoms with E-state index in [0.29, 0.717) is 5.92 Å². The van der Waals surface area contributed by atoms with E-state index in [1.165, 1.54) is 13.3 Å². The van der Waals surface area contributed by atoms with Gasteiger partial charge in [0.25, 0.3) is 0 Å². The van der Waals surface area contributed by atoms with E-state index < -0.39 is 0 Å². The molecule has 2 bridgehead atoms. The molecule has 3 unspecified atom stereocenters. The van der Waals surface area contributed by atoms with Crippen molar-refractivity contribution in [2.45, 2.75) is 64.1 Å². The Bertz CT molecular complexity index is 285. The fourth-order valence-corrected chi connectivity index (χ4v) is 3.49. The van der Waals surface area contributed by atoms with Gasteiger partial charge >= 0.3 is 5.97 Å². The number of nitrogens with one attached hydrogen (secondary N) is 1. The molecule has 86 valence electrons. The van der Waals surface area contributed by atoms with Crippen molar-refractivity contribution in [1.29, 1.82) is 0 Å². The fourth-order valence-electron chi connectivity index (χ4n) is 3.49. The van der Waals surface area contributed by atoms with Gasteiger partial charge in [-0.25, -0.2) is 0 Å². The maximum absolute atomic E-state index is 11.1. The van der Waals surface area contributed by atoms with Gasteiger partial charge in [-0.05, 0) is 33.6 Å². The minimum absolute atomic E-state index is 0.0887. The SMILES string of the molecule is CC(=O)OC1CC2(C)CCC1C(C)(C)N2. The Labute approximate surface area is 91.6 Å². The topological polar surface area (TPSA) is 38.3 Å². The molecule has 3 atom stereocenters. The number of piperidine rings is 2. The van der Waals surface area contributed by atoms with Gasteiger partial charge in [0.2, 0.25) is 0 Å². The van der Waals surface area contributed by atoms with Gasteiger partial charge < -0.3 is 10.1 Å². The van der Waals surface area contributed by atoms with Crippen molar-refractivity contribution in [1.82, 2.24) is 5.32 Å². The summed E-state index contributed by atoms with van der Waals surface area (Å²) in [6, 6.07) is 0. The zero-order valence-electron chi connectivity index (χ0n) is 10.1. The molecule has 3 heteroatoms. The summed E-state index contributed by atoms with van der Waals surface area (Å²) in [6.45, 7) is 8.17. The molecule has 0 aromatic rings. The van der Waals surface area contributed by atoms with E-state index in [-0.39, 0.29) is 23.2 Å². The van der Waals surface area contributed by atoms with E-state index in [4.69, 9.17) is 4.74 Å². The Balaban J connectivity index is 2.19. The highest BCUT2D eigenvalue weighted by Crippen LogP contribution is 2.45. The average molecular weight is 211 g/mol. The highest BCUT2D eigenvalue weighted by Gasteiger charge is 2.53. The van der Waals surface area contributed by atoms with Crippen molar-refractivity contribution in [2.75, 3.05) is 0 Å². The predicted octanol–water partition coefficient (Wildman–Crippen LogP) is 1.86. The highest BCUT2D eigenvalue weighted by molar-refractivity contribution is 5.66. The van der Waals surface area contributed by atoms with E-state index in [2.05, 4.69) is 26.1 Å². The molecule has 3 aliphatic rings. The minimum atomic E-state index is -0.146. The first kappa shape index (κ1) is 10.9. The molecule has 0 aromatic heterocycles. The van der Waals surface area contributed by atoms with E-state index in [1.54, 1.807) is 0 Å². The van der Waals surface area contributed by atoms with Crippen molar-refractivity contribution in [3.05, 3.63) is 0 Å².